The van der Waals surface area contributed by atoms with E-state index in [0.717, 1.165) is 0 Å². The van der Waals surface area contributed by atoms with Crippen LogP contribution < -0.4 is 5.32 Å². The summed E-state index contributed by atoms with van der Waals surface area (Å²) in [7, 11) is 0. The fraction of sp³-hybridized carbons (Fsp3) is 0.533. The Hall–Kier alpha value is -1.46. The van der Waals surface area contributed by atoms with Gasteiger partial charge in [-0.3, -0.25) is 0 Å². The molecule has 0 saturated carbocycles. The lowest BCUT2D eigenvalue weighted by Crippen LogP contribution is -2.38. The van der Waals surface area contributed by atoms with E-state index >= 15 is 0 Å². The van der Waals surface area contributed by atoms with Gasteiger partial charge >= 0.3 is 5.97 Å². The van der Waals surface area contributed by atoms with Crippen LogP contribution in [-0.4, -0.2) is 28.3 Å². The maximum absolute atomic E-state index is 13.5. The molecule has 0 saturated heterocycles. The number of carboxylic acid groups (broad SMARTS) is 1. The van der Waals surface area contributed by atoms with E-state index in [0.29, 0.717) is 31.0 Å². The number of aliphatic hydroxyl groups is 1. The van der Waals surface area contributed by atoms with E-state index < -0.39 is 17.4 Å². The Balaban J connectivity index is 2.54. The molecule has 0 fully saturated rings. The number of aromatic carboxylic acids is 1. The molecule has 5 heteroatoms. The van der Waals surface area contributed by atoms with Crippen molar-refractivity contribution in [3.05, 3.63) is 35.1 Å². The zero-order valence-corrected chi connectivity index (χ0v) is 12.1. The second-order valence-corrected chi connectivity index (χ2v) is 5.82. The maximum Gasteiger partial charge on any atom is 0.338 e. The van der Waals surface area contributed by atoms with E-state index in [1.807, 2.05) is 13.8 Å². The van der Waals surface area contributed by atoms with Crippen LogP contribution in [0.2, 0.25) is 0 Å². The topological polar surface area (TPSA) is 69.6 Å². The molecule has 0 spiro atoms. The molecule has 0 amide bonds. The Morgan fingerprint density at radius 3 is 2.60 bits per heavy atom. The molecular weight excluding hydrogens is 261 g/mol. The van der Waals surface area contributed by atoms with Crippen LogP contribution in [0.5, 0.6) is 0 Å². The Morgan fingerprint density at radius 1 is 1.45 bits per heavy atom. The first-order chi connectivity index (χ1) is 9.21. The second-order valence-electron chi connectivity index (χ2n) is 5.82. The van der Waals surface area contributed by atoms with Crippen LogP contribution >= 0.6 is 0 Å². The summed E-state index contributed by atoms with van der Waals surface area (Å²) in [6.45, 7) is 6.61. The van der Waals surface area contributed by atoms with Gasteiger partial charge in [0.25, 0.3) is 0 Å². The lowest BCUT2D eigenvalue weighted by molar-refractivity contribution is 0.0383. The molecule has 1 atom stereocenters. The second kappa shape index (κ2) is 6.81. The Bertz CT molecular complexity index is 472. The van der Waals surface area contributed by atoms with Crippen molar-refractivity contribution in [2.45, 2.75) is 39.3 Å². The van der Waals surface area contributed by atoms with Gasteiger partial charge in [-0.2, -0.15) is 0 Å². The number of hydrogen-bond acceptors (Lipinski definition) is 3. The van der Waals surface area contributed by atoms with Crippen LogP contribution in [-0.2, 0) is 6.54 Å². The van der Waals surface area contributed by atoms with Gasteiger partial charge in [-0.25, -0.2) is 9.18 Å². The third-order valence-electron chi connectivity index (χ3n) is 2.95. The third-order valence-corrected chi connectivity index (χ3v) is 2.95. The SMILES string of the molecule is CC(C)CC(C)(O)CNCc1ccc(C(=O)O)c(F)c1. The Labute approximate surface area is 118 Å². The van der Waals surface area contributed by atoms with Gasteiger partial charge in [0, 0.05) is 13.1 Å². The van der Waals surface area contributed by atoms with Crippen molar-refractivity contribution in [3.8, 4) is 0 Å². The predicted octanol–water partition coefficient (Wildman–Crippen LogP) is 2.41. The summed E-state index contributed by atoms with van der Waals surface area (Å²) in [5, 5.41) is 21.9. The molecule has 0 aromatic heterocycles. The van der Waals surface area contributed by atoms with E-state index in [1.54, 1.807) is 13.0 Å². The van der Waals surface area contributed by atoms with Gasteiger partial charge in [0.15, 0.2) is 0 Å². The normalized spacial score (nSPS) is 14.3. The largest absolute Gasteiger partial charge is 0.478 e. The standard InChI is InChI=1S/C15H22FNO3/c1-10(2)7-15(3,20)9-17-8-11-4-5-12(14(18)19)13(16)6-11/h4-6,10,17,20H,7-9H2,1-3H3,(H,18,19). The van der Waals surface area contributed by atoms with Gasteiger partial charge in [-0.05, 0) is 37.0 Å². The van der Waals surface area contributed by atoms with Gasteiger partial charge in [0.05, 0.1) is 11.2 Å². The third kappa shape index (κ3) is 5.27. The summed E-state index contributed by atoms with van der Waals surface area (Å²) in [5.74, 6) is -1.63. The molecule has 20 heavy (non-hydrogen) atoms. The summed E-state index contributed by atoms with van der Waals surface area (Å²) >= 11 is 0. The first-order valence-electron chi connectivity index (χ1n) is 6.66. The fourth-order valence-electron chi connectivity index (χ4n) is 2.27. The van der Waals surface area contributed by atoms with Crippen molar-refractivity contribution in [2.75, 3.05) is 6.54 Å². The number of carbonyl (C=O) groups is 1. The van der Waals surface area contributed by atoms with Crippen molar-refractivity contribution in [2.24, 2.45) is 5.92 Å². The summed E-state index contributed by atoms with van der Waals surface area (Å²) in [6.07, 6.45) is 0.673. The minimum Gasteiger partial charge on any atom is -0.478 e. The minimum absolute atomic E-state index is 0.333. The Kier molecular flexibility index (Phi) is 5.65. The predicted molar refractivity (Wildman–Crippen MR) is 75.1 cm³/mol. The van der Waals surface area contributed by atoms with Gasteiger partial charge in [-0.15, -0.1) is 0 Å². The molecule has 0 aliphatic rings. The van der Waals surface area contributed by atoms with E-state index in [4.69, 9.17) is 5.11 Å². The van der Waals surface area contributed by atoms with E-state index in [1.165, 1.54) is 12.1 Å². The quantitative estimate of drug-likeness (QED) is 0.718. The van der Waals surface area contributed by atoms with Crippen molar-refractivity contribution < 1.29 is 19.4 Å². The molecule has 1 unspecified atom stereocenters. The number of hydrogen-bond donors (Lipinski definition) is 3. The highest BCUT2D eigenvalue weighted by atomic mass is 19.1. The molecular formula is C15H22FNO3. The average molecular weight is 283 g/mol. The Morgan fingerprint density at radius 2 is 2.10 bits per heavy atom. The first kappa shape index (κ1) is 16.6. The molecule has 1 rings (SSSR count). The van der Waals surface area contributed by atoms with E-state index in [9.17, 15) is 14.3 Å². The molecule has 4 nitrogen and oxygen atoms in total. The maximum atomic E-state index is 13.5. The summed E-state index contributed by atoms with van der Waals surface area (Å²) in [4.78, 5) is 10.7. The van der Waals surface area contributed by atoms with Gasteiger partial charge < -0.3 is 15.5 Å². The van der Waals surface area contributed by atoms with Crippen LogP contribution in [0.4, 0.5) is 4.39 Å². The van der Waals surface area contributed by atoms with Crippen LogP contribution in [0.25, 0.3) is 0 Å². The number of benzene rings is 1. The van der Waals surface area contributed by atoms with Gasteiger partial charge in [0.1, 0.15) is 5.82 Å². The minimum atomic E-state index is -1.28. The molecule has 1 aromatic carbocycles. The molecule has 0 aliphatic heterocycles. The number of carboxylic acids is 1. The summed E-state index contributed by atoms with van der Waals surface area (Å²) in [5.41, 5.74) is -0.498. The lowest BCUT2D eigenvalue weighted by atomic mass is 9.94. The molecule has 1 aromatic rings. The number of rotatable bonds is 7. The zero-order chi connectivity index (χ0) is 15.3. The molecule has 112 valence electrons. The van der Waals surface area contributed by atoms with Crippen molar-refractivity contribution in [1.82, 2.24) is 5.32 Å². The molecule has 0 radical (unpaired) electrons. The first-order valence-corrected chi connectivity index (χ1v) is 6.66. The van der Waals surface area contributed by atoms with E-state index in [-0.39, 0.29) is 5.56 Å². The fourth-order valence-corrected chi connectivity index (χ4v) is 2.27. The van der Waals surface area contributed by atoms with Crippen LogP contribution in [0.15, 0.2) is 18.2 Å². The van der Waals surface area contributed by atoms with Crippen LogP contribution in [0, 0.1) is 11.7 Å². The monoisotopic (exact) mass is 283 g/mol. The van der Waals surface area contributed by atoms with Gasteiger partial charge in [-0.1, -0.05) is 19.9 Å². The van der Waals surface area contributed by atoms with E-state index in [2.05, 4.69) is 5.32 Å². The van der Waals surface area contributed by atoms with Crippen molar-refractivity contribution >= 4 is 5.97 Å². The lowest BCUT2D eigenvalue weighted by Gasteiger charge is -2.25. The number of nitrogens with one attached hydrogen (secondary N) is 1. The highest BCUT2D eigenvalue weighted by molar-refractivity contribution is 5.87. The summed E-state index contributed by atoms with van der Waals surface area (Å²) in [6, 6.07) is 4.02. The highest BCUT2D eigenvalue weighted by Crippen LogP contribution is 2.15. The zero-order valence-electron chi connectivity index (χ0n) is 12.1. The molecule has 0 aliphatic carbocycles. The molecule has 0 heterocycles. The highest BCUT2D eigenvalue weighted by Gasteiger charge is 2.21. The summed E-state index contributed by atoms with van der Waals surface area (Å²) < 4.78 is 13.5. The molecule has 0 bridgehead atoms. The van der Waals surface area contributed by atoms with Crippen molar-refractivity contribution in [3.63, 3.8) is 0 Å². The van der Waals surface area contributed by atoms with Gasteiger partial charge in [0.2, 0.25) is 0 Å². The van der Waals surface area contributed by atoms with Crippen LogP contribution in [0.1, 0.15) is 43.1 Å². The molecule has 3 N–H and O–H groups in total. The van der Waals surface area contributed by atoms with Crippen LogP contribution in [0.3, 0.4) is 0 Å². The van der Waals surface area contributed by atoms with Crippen molar-refractivity contribution in [1.29, 1.82) is 0 Å². The smallest absolute Gasteiger partial charge is 0.338 e. The number of halogens is 1. The average Bonchev–Trinajstić information content (AvgIpc) is 2.26.